The highest BCUT2D eigenvalue weighted by Crippen LogP contribution is 2.13. The van der Waals surface area contributed by atoms with Crippen molar-refractivity contribution < 1.29 is 9.90 Å². The SMILES string of the molecule is C=NC(Cl)=C(C=CC)C=CC(=O)O. The summed E-state index contributed by atoms with van der Waals surface area (Å²) >= 11 is 5.65. The van der Waals surface area contributed by atoms with Gasteiger partial charge in [-0.25, -0.2) is 4.79 Å². The van der Waals surface area contributed by atoms with E-state index in [1.165, 1.54) is 6.08 Å². The number of hydrogen-bond acceptors (Lipinski definition) is 2. The van der Waals surface area contributed by atoms with Crippen LogP contribution in [0.1, 0.15) is 6.92 Å². The Bertz CT molecular complexity index is 290. The van der Waals surface area contributed by atoms with E-state index in [-0.39, 0.29) is 5.16 Å². The third kappa shape index (κ3) is 4.98. The molecule has 0 aliphatic rings. The predicted molar refractivity (Wildman–Crippen MR) is 54.0 cm³/mol. The molecule has 0 radical (unpaired) electrons. The monoisotopic (exact) mass is 199 g/mol. The predicted octanol–water partition coefficient (Wildman–Crippen LogP) is 2.35. The normalized spacial score (nSPS) is 13.4. The first kappa shape index (κ1) is 11.6. The third-order valence-corrected chi connectivity index (χ3v) is 1.47. The summed E-state index contributed by atoms with van der Waals surface area (Å²) < 4.78 is 0. The van der Waals surface area contributed by atoms with Crippen LogP contribution in [0.2, 0.25) is 0 Å². The molecule has 0 fully saturated rings. The number of carboxylic acid groups (broad SMARTS) is 1. The van der Waals surface area contributed by atoms with Crippen molar-refractivity contribution in [3.63, 3.8) is 0 Å². The van der Waals surface area contributed by atoms with Crippen LogP contribution in [-0.2, 0) is 4.79 Å². The first-order valence-corrected chi connectivity index (χ1v) is 3.89. The fourth-order valence-electron chi connectivity index (χ4n) is 0.625. The van der Waals surface area contributed by atoms with E-state index in [0.29, 0.717) is 5.57 Å². The fourth-order valence-corrected chi connectivity index (χ4v) is 0.751. The Morgan fingerprint density at radius 3 is 2.46 bits per heavy atom. The van der Waals surface area contributed by atoms with Gasteiger partial charge in [0, 0.05) is 11.6 Å². The maximum Gasteiger partial charge on any atom is 0.328 e. The van der Waals surface area contributed by atoms with Crippen LogP contribution < -0.4 is 0 Å². The second kappa shape index (κ2) is 6.20. The molecule has 0 amide bonds. The summed E-state index contributed by atoms with van der Waals surface area (Å²) in [5.74, 6) is -1.03. The number of hydrogen-bond donors (Lipinski definition) is 1. The van der Waals surface area contributed by atoms with Gasteiger partial charge in [-0.1, -0.05) is 23.8 Å². The Morgan fingerprint density at radius 1 is 1.46 bits per heavy atom. The molecule has 0 bridgehead atoms. The minimum atomic E-state index is -1.03. The maximum atomic E-state index is 10.2. The van der Waals surface area contributed by atoms with Crippen molar-refractivity contribution in [2.45, 2.75) is 6.92 Å². The quantitative estimate of drug-likeness (QED) is 0.327. The van der Waals surface area contributed by atoms with E-state index in [9.17, 15) is 4.79 Å². The Kier molecular flexibility index (Phi) is 5.55. The lowest BCUT2D eigenvalue weighted by molar-refractivity contribution is -0.131. The van der Waals surface area contributed by atoms with Crippen molar-refractivity contribution in [1.29, 1.82) is 0 Å². The third-order valence-electron chi connectivity index (χ3n) is 1.13. The van der Waals surface area contributed by atoms with E-state index in [1.807, 2.05) is 0 Å². The largest absolute Gasteiger partial charge is 0.478 e. The van der Waals surface area contributed by atoms with Crippen molar-refractivity contribution in [2.24, 2.45) is 4.99 Å². The number of nitrogens with zero attached hydrogens (tertiary/aromatic N) is 1. The molecule has 0 saturated heterocycles. The minimum absolute atomic E-state index is 0.176. The smallest absolute Gasteiger partial charge is 0.328 e. The van der Waals surface area contributed by atoms with Crippen LogP contribution in [0.4, 0.5) is 0 Å². The fraction of sp³-hybridized carbons (Fsp3) is 0.111. The van der Waals surface area contributed by atoms with Gasteiger partial charge in [0.2, 0.25) is 0 Å². The summed E-state index contributed by atoms with van der Waals surface area (Å²) in [4.78, 5) is 13.7. The molecule has 0 unspecified atom stereocenters. The van der Waals surface area contributed by atoms with Crippen LogP contribution in [0.5, 0.6) is 0 Å². The topological polar surface area (TPSA) is 49.7 Å². The standard InChI is InChI=1S/C9H10ClNO2/c1-3-4-7(9(10)11-2)5-6-8(12)13/h3-6H,2H2,1H3,(H,12,13). The van der Waals surface area contributed by atoms with Crippen LogP contribution in [0.25, 0.3) is 0 Å². The van der Waals surface area contributed by atoms with Crippen LogP contribution in [-0.4, -0.2) is 17.8 Å². The van der Waals surface area contributed by atoms with Crippen LogP contribution in [0, 0.1) is 0 Å². The molecule has 0 aromatic carbocycles. The van der Waals surface area contributed by atoms with Gasteiger partial charge in [-0.2, -0.15) is 0 Å². The maximum absolute atomic E-state index is 10.2. The van der Waals surface area contributed by atoms with Crippen LogP contribution >= 0.6 is 11.6 Å². The van der Waals surface area contributed by atoms with Crippen LogP contribution in [0.15, 0.2) is 40.0 Å². The number of aliphatic carboxylic acids is 1. The van der Waals surface area contributed by atoms with Gasteiger partial charge in [-0.05, 0) is 19.7 Å². The zero-order chi connectivity index (χ0) is 10.3. The molecule has 4 heteroatoms. The molecule has 0 aliphatic heterocycles. The molecule has 0 rings (SSSR count). The molecule has 0 aliphatic carbocycles. The van der Waals surface area contributed by atoms with Gasteiger partial charge in [-0.3, -0.25) is 4.99 Å². The molecule has 0 aromatic rings. The lowest BCUT2D eigenvalue weighted by Crippen LogP contribution is -1.87. The summed E-state index contributed by atoms with van der Waals surface area (Å²) in [5.41, 5.74) is 0.515. The molecule has 0 saturated carbocycles. The van der Waals surface area contributed by atoms with Crippen molar-refractivity contribution in [3.8, 4) is 0 Å². The van der Waals surface area contributed by atoms with Crippen LogP contribution in [0.3, 0.4) is 0 Å². The molecule has 3 nitrogen and oxygen atoms in total. The van der Waals surface area contributed by atoms with Gasteiger partial charge in [-0.15, -0.1) is 0 Å². The highest BCUT2D eigenvalue weighted by Gasteiger charge is 1.95. The summed E-state index contributed by atoms with van der Waals surface area (Å²) in [5, 5.41) is 8.54. The Morgan fingerprint density at radius 2 is 2.08 bits per heavy atom. The highest BCUT2D eigenvalue weighted by atomic mass is 35.5. The summed E-state index contributed by atoms with van der Waals surface area (Å²) in [6.45, 7) is 5.03. The van der Waals surface area contributed by atoms with E-state index < -0.39 is 5.97 Å². The first-order valence-electron chi connectivity index (χ1n) is 3.52. The first-order chi connectivity index (χ1) is 6.11. The molecule has 13 heavy (non-hydrogen) atoms. The molecular formula is C9H10ClNO2. The molecular weight excluding hydrogens is 190 g/mol. The van der Waals surface area contributed by atoms with Gasteiger partial charge in [0.15, 0.2) is 0 Å². The molecule has 0 spiro atoms. The molecule has 1 N–H and O–H groups in total. The number of carboxylic acids is 1. The van der Waals surface area contributed by atoms with E-state index >= 15 is 0 Å². The molecule has 0 atom stereocenters. The zero-order valence-electron chi connectivity index (χ0n) is 7.20. The van der Waals surface area contributed by atoms with E-state index in [1.54, 1.807) is 19.1 Å². The van der Waals surface area contributed by atoms with Crippen molar-refractivity contribution in [3.05, 3.63) is 35.0 Å². The number of allylic oxidation sites excluding steroid dienone is 4. The summed E-state index contributed by atoms with van der Waals surface area (Å²) in [7, 11) is 0. The lowest BCUT2D eigenvalue weighted by atomic mass is 10.2. The Hall–Kier alpha value is -1.35. The number of halogens is 1. The van der Waals surface area contributed by atoms with Crippen molar-refractivity contribution in [2.75, 3.05) is 0 Å². The van der Waals surface area contributed by atoms with Gasteiger partial charge < -0.3 is 5.11 Å². The van der Waals surface area contributed by atoms with E-state index in [4.69, 9.17) is 16.7 Å². The molecule has 0 heterocycles. The van der Waals surface area contributed by atoms with E-state index in [0.717, 1.165) is 6.08 Å². The number of rotatable bonds is 4. The Labute approximate surface area is 81.7 Å². The second-order valence-corrected chi connectivity index (χ2v) is 2.43. The van der Waals surface area contributed by atoms with E-state index in [2.05, 4.69) is 11.7 Å². The summed E-state index contributed by atoms with van der Waals surface area (Å²) in [6.07, 6.45) is 5.73. The van der Waals surface area contributed by atoms with Crippen molar-refractivity contribution >= 4 is 24.3 Å². The number of carbonyl (C=O) groups is 1. The second-order valence-electron chi connectivity index (χ2n) is 2.08. The number of aliphatic imine (C=N–C) groups is 1. The van der Waals surface area contributed by atoms with Crippen molar-refractivity contribution in [1.82, 2.24) is 0 Å². The molecule has 70 valence electrons. The van der Waals surface area contributed by atoms with Gasteiger partial charge >= 0.3 is 5.97 Å². The Balaban J connectivity index is 4.83. The lowest BCUT2D eigenvalue weighted by Gasteiger charge is -1.93. The average Bonchev–Trinajstić information content (AvgIpc) is 2.10. The van der Waals surface area contributed by atoms with Gasteiger partial charge in [0.25, 0.3) is 0 Å². The van der Waals surface area contributed by atoms with Gasteiger partial charge in [0.05, 0.1) is 0 Å². The van der Waals surface area contributed by atoms with Gasteiger partial charge in [0.1, 0.15) is 5.16 Å². The minimum Gasteiger partial charge on any atom is -0.478 e. The summed E-state index contributed by atoms with van der Waals surface area (Å²) in [6, 6.07) is 0. The molecule has 0 aromatic heterocycles. The average molecular weight is 200 g/mol. The zero-order valence-corrected chi connectivity index (χ0v) is 7.95. The highest BCUT2D eigenvalue weighted by molar-refractivity contribution is 6.30.